The fourth-order valence-corrected chi connectivity index (χ4v) is 2.36. The van der Waals surface area contributed by atoms with Crippen LogP contribution in [-0.2, 0) is 11.3 Å². The lowest BCUT2D eigenvalue weighted by molar-refractivity contribution is 0.199. The molecule has 0 spiro atoms. The molecule has 0 aliphatic rings. The second kappa shape index (κ2) is 10.5. The van der Waals surface area contributed by atoms with Gasteiger partial charge in [0.2, 0.25) is 0 Å². The van der Waals surface area contributed by atoms with Gasteiger partial charge in [-0.3, -0.25) is 0 Å². The topological polar surface area (TPSA) is 30.5 Å². The summed E-state index contributed by atoms with van der Waals surface area (Å²) in [6.07, 6.45) is 3.20. The maximum Gasteiger partial charge on any atom is 0.119 e. The van der Waals surface area contributed by atoms with Crippen molar-refractivity contribution in [3.05, 3.63) is 28.2 Å². The van der Waals surface area contributed by atoms with Crippen molar-refractivity contribution in [2.45, 2.75) is 13.0 Å². The maximum atomic E-state index is 5.74. The van der Waals surface area contributed by atoms with E-state index in [-0.39, 0.29) is 0 Å². The maximum absolute atomic E-state index is 5.74. The quantitative estimate of drug-likeness (QED) is 0.657. The number of thioether (sulfide) groups is 1. The number of nitrogens with one attached hydrogen (secondary N) is 1. The average Bonchev–Trinajstić information content (AvgIpc) is 2.42. The van der Waals surface area contributed by atoms with Crippen LogP contribution in [0.5, 0.6) is 5.75 Å². The van der Waals surface area contributed by atoms with E-state index in [2.05, 4.69) is 33.6 Å². The predicted octanol–water partition coefficient (Wildman–Crippen LogP) is 3.32. The molecule has 5 heteroatoms. The van der Waals surface area contributed by atoms with E-state index < -0.39 is 0 Å². The van der Waals surface area contributed by atoms with E-state index in [1.54, 1.807) is 7.11 Å². The van der Waals surface area contributed by atoms with Crippen molar-refractivity contribution in [2.75, 3.05) is 38.9 Å². The van der Waals surface area contributed by atoms with Crippen LogP contribution in [0.3, 0.4) is 0 Å². The van der Waals surface area contributed by atoms with Crippen molar-refractivity contribution in [2.24, 2.45) is 0 Å². The third-order valence-corrected chi connectivity index (χ3v) is 4.05. The normalized spacial score (nSPS) is 10.7. The van der Waals surface area contributed by atoms with Crippen molar-refractivity contribution in [3.8, 4) is 5.75 Å². The van der Waals surface area contributed by atoms with Crippen LogP contribution in [0.1, 0.15) is 12.0 Å². The Morgan fingerprint density at radius 2 is 2.16 bits per heavy atom. The van der Waals surface area contributed by atoms with Crippen LogP contribution in [0.4, 0.5) is 0 Å². The zero-order valence-electron chi connectivity index (χ0n) is 11.6. The Kier molecular flexibility index (Phi) is 9.34. The third kappa shape index (κ3) is 7.20. The zero-order chi connectivity index (χ0) is 13.9. The number of hydrogen-bond acceptors (Lipinski definition) is 4. The highest BCUT2D eigenvalue weighted by Crippen LogP contribution is 2.22. The Labute approximate surface area is 128 Å². The molecule has 1 rings (SSSR count). The number of methoxy groups -OCH3 is 1. The van der Waals surface area contributed by atoms with Crippen LogP contribution in [-0.4, -0.2) is 38.9 Å². The molecule has 1 N–H and O–H groups in total. The Bertz CT molecular complexity index is 363. The predicted molar refractivity (Wildman–Crippen MR) is 86.2 cm³/mol. The molecule has 0 fully saturated rings. The van der Waals surface area contributed by atoms with Crippen LogP contribution in [0.25, 0.3) is 0 Å². The summed E-state index contributed by atoms with van der Waals surface area (Å²) in [6, 6.07) is 6.13. The van der Waals surface area contributed by atoms with Gasteiger partial charge in [-0.05, 0) is 42.2 Å². The smallest absolute Gasteiger partial charge is 0.119 e. The van der Waals surface area contributed by atoms with Gasteiger partial charge in [-0.1, -0.05) is 15.9 Å². The fraction of sp³-hybridized carbons (Fsp3) is 0.571. The van der Waals surface area contributed by atoms with E-state index in [0.29, 0.717) is 0 Å². The Hall–Kier alpha value is -0.230. The molecule has 0 aromatic heterocycles. The van der Waals surface area contributed by atoms with Gasteiger partial charge in [0, 0.05) is 24.7 Å². The molecular weight excluding hydrogens is 326 g/mol. The highest BCUT2D eigenvalue weighted by Gasteiger charge is 2.02. The van der Waals surface area contributed by atoms with Crippen molar-refractivity contribution in [1.29, 1.82) is 0 Å². The second-order valence-corrected chi connectivity index (χ2v) is 5.96. The van der Waals surface area contributed by atoms with Crippen molar-refractivity contribution in [3.63, 3.8) is 0 Å². The molecule has 0 radical (unpaired) electrons. The number of hydrogen-bond donors (Lipinski definition) is 1. The molecule has 0 saturated carbocycles. The molecule has 0 unspecified atom stereocenters. The highest BCUT2D eigenvalue weighted by molar-refractivity contribution is 9.10. The van der Waals surface area contributed by atoms with Crippen LogP contribution in [0.15, 0.2) is 22.7 Å². The lowest BCUT2D eigenvalue weighted by Crippen LogP contribution is -2.18. The molecule has 3 nitrogen and oxygen atoms in total. The highest BCUT2D eigenvalue weighted by atomic mass is 79.9. The van der Waals surface area contributed by atoms with Crippen LogP contribution in [0.2, 0.25) is 0 Å². The summed E-state index contributed by atoms with van der Waals surface area (Å²) in [4.78, 5) is 0. The van der Waals surface area contributed by atoms with Gasteiger partial charge < -0.3 is 14.8 Å². The summed E-state index contributed by atoms with van der Waals surface area (Å²) in [5.41, 5.74) is 1.21. The minimum absolute atomic E-state index is 0.725. The first-order chi connectivity index (χ1) is 9.27. The van der Waals surface area contributed by atoms with Crippen molar-refractivity contribution >= 4 is 27.7 Å². The summed E-state index contributed by atoms with van der Waals surface area (Å²) in [5, 5.41) is 3.33. The second-order valence-electron chi connectivity index (χ2n) is 4.12. The third-order valence-electron chi connectivity index (χ3n) is 2.58. The summed E-state index contributed by atoms with van der Waals surface area (Å²) < 4.78 is 11.9. The van der Waals surface area contributed by atoms with E-state index in [0.717, 1.165) is 48.7 Å². The van der Waals surface area contributed by atoms with Gasteiger partial charge in [-0.25, -0.2) is 0 Å². The molecular formula is C14H22BrNO2S. The Morgan fingerprint density at radius 3 is 2.89 bits per heavy atom. The molecule has 0 aliphatic carbocycles. The zero-order valence-corrected chi connectivity index (χ0v) is 14.0. The number of benzene rings is 1. The van der Waals surface area contributed by atoms with Gasteiger partial charge in [0.25, 0.3) is 0 Å². The van der Waals surface area contributed by atoms with Gasteiger partial charge >= 0.3 is 0 Å². The summed E-state index contributed by atoms with van der Waals surface area (Å²) in [5.74, 6) is 2.08. The first-order valence-corrected chi connectivity index (χ1v) is 8.56. The van der Waals surface area contributed by atoms with Crippen LogP contribution >= 0.6 is 27.7 Å². The van der Waals surface area contributed by atoms with E-state index >= 15 is 0 Å². The Balaban J connectivity index is 2.42. The van der Waals surface area contributed by atoms with Gasteiger partial charge in [-0.2, -0.15) is 11.8 Å². The first kappa shape index (κ1) is 16.8. The van der Waals surface area contributed by atoms with Gasteiger partial charge in [-0.15, -0.1) is 0 Å². The van der Waals surface area contributed by atoms with E-state index in [4.69, 9.17) is 9.47 Å². The molecule has 0 bridgehead atoms. The van der Waals surface area contributed by atoms with Crippen molar-refractivity contribution < 1.29 is 9.47 Å². The van der Waals surface area contributed by atoms with E-state index in [1.807, 2.05) is 23.9 Å². The van der Waals surface area contributed by atoms with E-state index in [1.165, 1.54) is 5.56 Å². The molecule has 1 aromatic rings. The van der Waals surface area contributed by atoms with Crippen LogP contribution in [0, 0.1) is 0 Å². The summed E-state index contributed by atoms with van der Waals surface area (Å²) >= 11 is 5.41. The van der Waals surface area contributed by atoms with Crippen molar-refractivity contribution in [1.82, 2.24) is 5.32 Å². The lowest BCUT2D eigenvalue weighted by atomic mass is 10.2. The molecule has 0 heterocycles. The largest absolute Gasteiger partial charge is 0.494 e. The van der Waals surface area contributed by atoms with E-state index in [9.17, 15) is 0 Å². The van der Waals surface area contributed by atoms with Gasteiger partial charge in [0.15, 0.2) is 0 Å². The minimum Gasteiger partial charge on any atom is -0.494 e. The molecule has 19 heavy (non-hydrogen) atoms. The number of halogens is 1. The molecule has 1 aromatic carbocycles. The average molecular weight is 348 g/mol. The first-order valence-electron chi connectivity index (χ1n) is 6.37. The lowest BCUT2D eigenvalue weighted by Gasteiger charge is -2.10. The number of ether oxygens (including phenoxy) is 2. The molecule has 0 aliphatic heterocycles. The molecule has 0 amide bonds. The standard InChI is InChI=1S/C14H22BrNO2S/c1-17-8-6-16-11-12-10-13(4-5-14(12)15)18-7-3-9-19-2/h4-5,10,16H,3,6-9,11H2,1-2H3. The molecule has 0 saturated heterocycles. The fourth-order valence-electron chi connectivity index (χ4n) is 1.57. The van der Waals surface area contributed by atoms with Gasteiger partial charge in [0.1, 0.15) is 5.75 Å². The van der Waals surface area contributed by atoms with Gasteiger partial charge in [0.05, 0.1) is 13.2 Å². The molecule has 0 atom stereocenters. The summed E-state index contributed by atoms with van der Waals surface area (Å²) in [6.45, 7) is 3.16. The SMILES string of the molecule is COCCNCc1cc(OCCCSC)ccc1Br. The molecule has 108 valence electrons. The minimum atomic E-state index is 0.725. The summed E-state index contributed by atoms with van der Waals surface area (Å²) in [7, 11) is 1.71. The number of rotatable bonds is 10. The monoisotopic (exact) mass is 347 g/mol. The van der Waals surface area contributed by atoms with Crippen LogP contribution < -0.4 is 10.1 Å². The Morgan fingerprint density at radius 1 is 1.32 bits per heavy atom.